The van der Waals surface area contributed by atoms with Crippen LogP contribution in [0.2, 0.25) is 0 Å². The number of nitrogens with zero attached hydrogens (tertiary/aromatic N) is 1. The highest BCUT2D eigenvalue weighted by atomic mass is 79.9. The van der Waals surface area contributed by atoms with E-state index in [2.05, 4.69) is 21.2 Å². The lowest BCUT2D eigenvalue weighted by Crippen LogP contribution is -2.49. The van der Waals surface area contributed by atoms with Crippen LogP contribution in [0.3, 0.4) is 0 Å². The first-order valence-corrected chi connectivity index (χ1v) is 6.10. The minimum atomic E-state index is -1.05. The van der Waals surface area contributed by atoms with Gasteiger partial charge in [0.15, 0.2) is 0 Å². The van der Waals surface area contributed by atoms with Gasteiger partial charge in [0.1, 0.15) is 5.69 Å². The smallest absolute Gasteiger partial charge is 0.293 e. The summed E-state index contributed by atoms with van der Waals surface area (Å²) in [6.45, 7) is 3.17. The molecule has 1 heterocycles. The van der Waals surface area contributed by atoms with Crippen molar-refractivity contribution in [2.45, 2.75) is 19.3 Å². The van der Waals surface area contributed by atoms with Crippen LogP contribution in [0.4, 0.5) is 11.4 Å². The third kappa shape index (κ3) is 1.79. The molecule has 100 valence electrons. The second-order valence-electron chi connectivity index (χ2n) is 4.71. The molecule has 7 nitrogen and oxygen atoms in total. The van der Waals surface area contributed by atoms with Crippen molar-refractivity contribution in [3.05, 3.63) is 31.8 Å². The molecule has 8 heteroatoms. The third-order valence-electron chi connectivity index (χ3n) is 3.17. The van der Waals surface area contributed by atoms with Crippen molar-refractivity contribution in [1.29, 1.82) is 0 Å². The summed E-state index contributed by atoms with van der Waals surface area (Å²) in [4.78, 5) is 34.0. The van der Waals surface area contributed by atoms with E-state index in [1.807, 2.05) is 0 Å². The Bertz CT molecular complexity index is 639. The van der Waals surface area contributed by atoms with Crippen LogP contribution in [0, 0.1) is 10.1 Å². The number of rotatable bonds is 1. The summed E-state index contributed by atoms with van der Waals surface area (Å²) in [5.41, 5.74) is 4.57. The van der Waals surface area contributed by atoms with Crippen LogP contribution >= 0.6 is 15.9 Å². The van der Waals surface area contributed by atoms with E-state index in [0.29, 0.717) is 0 Å². The van der Waals surface area contributed by atoms with Gasteiger partial charge in [-0.1, -0.05) is 0 Å². The first-order valence-electron chi connectivity index (χ1n) is 5.30. The second kappa shape index (κ2) is 4.02. The topological polar surface area (TPSA) is 115 Å². The highest BCUT2D eigenvalue weighted by Gasteiger charge is 2.42. The van der Waals surface area contributed by atoms with E-state index in [-0.39, 0.29) is 27.0 Å². The lowest BCUT2D eigenvalue weighted by Gasteiger charge is -2.31. The zero-order chi connectivity index (χ0) is 14.5. The summed E-state index contributed by atoms with van der Waals surface area (Å²) in [7, 11) is 0. The summed E-state index contributed by atoms with van der Waals surface area (Å²) in [6, 6.07) is 1.19. The molecule has 0 fully saturated rings. The number of fused-ring (bicyclic) bond motifs is 1. The predicted molar refractivity (Wildman–Crippen MR) is 70.7 cm³/mol. The number of anilines is 1. The van der Waals surface area contributed by atoms with E-state index < -0.39 is 22.2 Å². The molecule has 0 radical (unpaired) electrons. The molecule has 0 saturated carbocycles. The molecule has 0 aromatic heterocycles. The van der Waals surface area contributed by atoms with E-state index in [1.54, 1.807) is 13.8 Å². The second-order valence-corrected chi connectivity index (χ2v) is 5.50. The van der Waals surface area contributed by atoms with Gasteiger partial charge in [-0.2, -0.15) is 0 Å². The molecule has 0 unspecified atom stereocenters. The van der Waals surface area contributed by atoms with Gasteiger partial charge in [0.25, 0.3) is 11.6 Å². The quantitative estimate of drug-likeness (QED) is 0.351. The number of carbonyl (C=O) groups excluding carboxylic acids is 2. The number of carbonyl (C=O) groups is 2. The van der Waals surface area contributed by atoms with Gasteiger partial charge in [-0.25, -0.2) is 0 Å². The molecule has 0 aliphatic carbocycles. The van der Waals surface area contributed by atoms with Crippen molar-refractivity contribution in [2.75, 3.05) is 5.73 Å². The predicted octanol–water partition coefficient (Wildman–Crippen LogP) is 1.49. The Hall–Kier alpha value is -1.96. The van der Waals surface area contributed by atoms with Crippen molar-refractivity contribution in [1.82, 2.24) is 5.32 Å². The molecule has 0 atom stereocenters. The molecule has 1 aromatic rings. The molecule has 1 aliphatic rings. The van der Waals surface area contributed by atoms with E-state index in [1.165, 1.54) is 6.07 Å². The van der Waals surface area contributed by atoms with Gasteiger partial charge >= 0.3 is 0 Å². The number of halogens is 1. The Balaban J connectivity index is 2.88. The molecule has 3 N–H and O–H groups in total. The van der Waals surface area contributed by atoms with Crippen molar-refractivity contribution < 1.29 is 14.5 Å². The van der Waals surface area contributed by atoms with E-state index in [4.69, 9.17) is 5.73 Å². The van der Waals surface area contributed by atoms with Crippen molar-refractivity contribution >= 4 is 39.1 Å². The lowest BCUT2D eigenvalue weighted by molar-refractivity contribution is -0.384. The van der Waals surface area contributed by atoms with Crippen molar-refractivity contribution in [3.8, 4) is 0 Å². The highest BCUT2D eigenvalue weighted by Crippen LogP contribution is 2.41. The average molecular weight is 328 g/mol. The Morgan fingerprint density at radius 3 is 2.53 bits per heavy atom. The van der Waals surface area contributed by atoms with Gasteiger partial charge in [-0.3, -0.25) is 25.0 Å². The number of imide groups is 1. The fourth-order valence-corrected chi connectivity index (χ4v) is 2.56. The molecule has 2 rings (SSSR count). The molecular weight excluding hydrogens is 318 g/mol. The molecule has 0 spiro atoms. The maximum atomic E-state index is 11.9. The number of amides is 2. The van der Waals surface area contributed by atoms with Crippen molar-refractivity contribution in [2.24, 2.45) is 0 Å². The molecule has 2 amide bonds. The Morgan fingerprint density at radius 2 is 2.00 bits per heavy atom. The normalized spacial score (nSPS) is 16.8. The van der Waals surface area contributed by atoms with E-state index in [0.717, 1.165) is 0 Å². The van der Waals surface area contributed by atoms with Crippen molar-refractivity contribution in [3.63, 3.8) is 0 Å². The maximum Gasteiger partial charge on any atom is 0.293 e. The molecule has 19 heavy (non-hydrogen) atoms. The summed E-state index contributed by atoms with van der Waals surface area (Å²) in [5, 5.41) is 13.2. The fraction of sp³-hybridized carbons (Fsp3) is 0.273. The number of nitro benzene ring substituents is 1. The minimum absolute atomic E-state index is 0.134. The number of nitrogens with two attached hydrogens (primary N) is 1. The monoisotopic (exact) mass is 327 g/mol. The number of nitrogen functional groups attached to an aromatic ring is 1. The summed E-state index contributed by atoms with van der Waals surface area (Å²) >= 11 is 3.10. The summed E-state index contributed by atoms with van der Waals surface area (Å²) in [6.07, 6.45) is 0. The van der Waals surface area contributed by atoms with Crippen LogP contribution in [0.1, 0.15) is 29.8 Å². The molecular formula is C11H10BrN3O4. The van der Waals surface area contributed by atoms with Crippen LogP contribution in [0.5, 0.6) is 0 Å². The fourth-order valence-electron chi connectivity index (χ4n) is 1.96. The lowest BCUT2D eigenvalue weighted by atomic mass is 9.77. The van der Waals surface area contributed by atoms with E-state index >= 15 is 0 Å². The van der Waals surface area contributed by atoms with Gasteiger partial charge in [-0.05, 0) is 35.3 Å². The number of nitrogens with one attached hydrogen (secondary N) is 1. The first-order chi connectivity index (χ1) is 8.67. The zero-order valence-corrected chi connectivity index (χ0v) is 11.7. The Kier molecular flexibility index (Phi) is 2.85. The molecule has 1 aliphatic heterocycles. The summed E-state index contributed by atoms with van der Waals surface area (Å²) < 4.78 is 0.134. The zero-order valence-electron chi connectivity index (χ0n) is 10.1. The minimum Gasteiger partial charge on any atom is -0.392 e. The SMILES string of the molecule is CC1(C)C(=O)NC(=O)c2c1cc([N+](=O)[O-])c(N)c2Br. The standard InChI is InChI=1S/C11H10BrN3O4/c1-11(2)4-3-5(15(18)19)8(13)7(12)6(4)9(16)14-10(11)17/h3H,13H2,1-2H3,(H,14,16,17). The average Bonchev–Trinajstić information content (AvgIpc) is 2.29. The van der Waals surface area contributed by atoms with Gasteiger partial charge in [0.2, 0.25) is 5.91 Å². The van der Waals surface area contributed by atoms with Gasteiger partial charge in [0, 0.05) is 6.07 Å². The van der Waals surface area contributed by atoms with Crippen LogP contribution < -0.4 is 11.1 Å². The van der Waals surface area contributed by atoms with Gasteiger partial charge in [-0.15, -0.1) is 0 Å². The van der Waals surface area contributed by atoms with Crippen LogP contribution in [-0.2, 0) is 10.2 Å². The highest BCUT2D eigenvalue weighted by molar-refractivity contribution is 9.10. The Morgan fingerprint density at radius 1 is 1.42 bits per heavy atom. The largest absolute Gasteiger partial charge is 0.392 e. The number of hydrogen-bond donors (Lipinski definition) is 2. The maximum absolute atomic E-state index is 11.9. The molecule has 0 saturated heterocycles. The third-order valence-corrected chi connectivity index (χ3v) is 4.00. The number of nitro groups is 1. The van der Waals surface area contributed by atoms with Gasteiger partial charge in [0.05, 0.1) is 20.4 Å². The molecule has 1 aromatic carbocycles. The molecule has 0 bridgehead atoms. The Labute approximate surface area is 116 Å². The van der Waals surface area contributed by atoms with Crippen LogP contribution in [0.15, 0.2) is 10.5 Å². The van der Waals surface area contributed by atoms with Crippen LogP contribution in [-0.4, -0.2) is 16.7 Å². The first kappa shape index (κ1) is 13.5. The van der Waals surface area contributed by atoms with E-state index in [9.17, 15) is 19.7 Å². The number of benzene rings is 1. The summed E-state index contributed by atoms with van der Waals surface area (Å²) in [5.74, 6) is -1.12. The number of hydrogen-bond acceptors (Lipinski definition) is 5. The van der Waals surface area contributed by atoms with Gasteiger partial charge < -0.3 is 5.73 Å². The van der Waals surface area contributed by atoms with Crippen LogP contribution in [0.25, 0.3) is 0 Å².